The van der Waals surface area contributed by atoms with Gasteiger partial charge in [0.05, 0.1) is 14.2 Å². The molecule has 0 saturated carbocycles. The molecule has 2 bridgehead atoms. The van der Waals surface area contributed by atoms with Crippen molar-refractivity contribution in [3.63, 3.8) is 0 Å². The number of aromatic hydroxyl groups is 1. The zero-order chi connectivity index (χ0) is 19.8. The lowest BCUT2D eigenvalue weighted by Gasteiger charge is -2.39. The third-order valence-electron chi connectivity index (χ3n) is 6.24. The average molecular weight is 381 g/mol. The highest BCUT2D eigenvalue weighted by atomic mass is 16.5. The van der Waals surface area contributed by atoms with Crippen molar-refractivity contribution in [3.05, 3.63) is 53.1 Å². The van der Waals surface area contributed by atoms with Gasteiger partial charge in [-0.05, 0) is 56.2 Å². The minimum atomic E-state index is -0.0809. The second kappa shape index (κ2) is 7.38. The number of rotatable bonds is 4. The highest BCUT2D eigenvalue weighted by Gasteiger charge is 2.43. The van der Waals surface area contributed by atoms with Crippen LogP contribution in [0.25, 0.3) is 0 Å². The SMILES string of the molecule is COc1cc(C(=O)N2[C@@H]3CC[C@H]2CC(c2ccc(C)cc2)C3)cc(OC)c1O. The number of hydrogen-bond donors (Lipinski definition) is 1. The van der Waals surface area contributed by atoms with E-state index in [1.165, 1.54) is 25.3 Å². The molecule has 1 N–H and O–H groups in total. The Kier molecular flexibility index (Phi) is 4.92. The molecule has 0 aliphatic carbocycles. The maximum absolute atomic E-state index is 13.3. The Morgan fingerprint density at radius 2 is 1.54 bits per heavy atom. The number of hydrogen-bond acceptors (Lipinski definition) is 4. The van der Waals surface area contributed by atoms with Gasteiger partial charge in [-0.2, -0.15) is 0 Å². The molecule has 2 aromatic rings. The molecular formula is C23H27NO4. The topological polar surface area (TPSA) is 59.0 Å². The van der Waals surface area contributed by atoms with Gasteiger partial charge in [-0.15, -0.1) is 0 Å². The van der Waals surface area contributed by atoms with Crippen LogP contribution in [0.4, 0.5) is 0 Å². The van der Waals surface area contributed by atoms with Gasteiger partial charge in [0, 0.05) is 17.6 Å². The van der Waals surface area contributed by atoms with E-state index >= 15 is 0 Å². The van der Waals surface area contributed by atoms with Crippen molar-refractivity contribution < 1.29 is 19.4 Å². The maximum Gasteiger partial charge on any atom is 0.254 e. The van der Waals surface area contributed by atoms with Crippen molar-refractivity contribution in [2.75, 3.05) is 14.2 Å². The van der Waals surface area contributed by atoms with Crippen molar-refractivity contribution in [1.82, 2.24) is 4.90 Å². The molecule has 1 amide bonds. The molecule has 2 heterocycles. The van der Waals surface area contributed by atoms with Gasteiger partial charge in [0.25, 0.3) is 5.91 Å². The van der Waals surface area contributed by atoms with E-state index in [1.54, 1.807) is 12.1 Å². The number of nitrogens with zero attached hydrogens (tertiary/aromatic N) is 1. The summed E-state index contributed by atoms with van der Waals surface area (Å²) in [6.07, 6.45) is 4.09. The third-order valence-corrected chi connectivity index (χ3v) is 6.24. The van der Waals surface area contributed by atoms with E-state index in [0.29, 0.717) is 11.5 Å². The van der Waals surface area contributed by atoms with Gasteiger partial charge in [0.2, 0.25) is 5.75 Å². The number of benzene rings is 2. The number of ether oxygens (including phenoxy) is 2. The molecule has 2 saturated heterocycles. The Balaban J connectivity index is 1.58. The Labute approximate surface area is 165 Å². The Morgan fingerprint density at radius 3 is 2.04 bits per heavy atom. The molecular weight excluding hydrogens is 354 g/mol. The molecule has 0 spiro atoms. The molecule has 0 radical (unpaired) electrons. The minimum Gasteiger partial charge on any atom is -0.502 e. The number of piperidine rings is 1. The molecule has 1 unspecified atom stereocenters. The van der Waals surface area contributed by atoms with Crippen molar-refractivity contribution in [3.8, 4) is 17.2 Å². The number of fused-ring (bicyclic) bond motifs is 2. The van der Waals surface area contributed by atoms with Crippen LogP contribution >= 0.6 is 0 Å². The number of carbonyl (C=O) groups is 1. The van der Waals surface area contributed by atoms with Crippen LogP contribution in [-0.4, -0.2) is 42.2 Å². The van der Waals surface area contributed by atoms with Gasteiger partial charge < -0.3 is 19.5 Å². The monoisotopic (exact) mass is 381 g/mol. The first-order valence-corrected chi connectivity index (χ1v) is 9.86. The highest BCUT2D eigenvalue weighted by Crippen LogP contribution is 2.45. The average Bonchev–Trinajstić information content (AvgIpc) is 2.97. The van der Waals surface area contributed by atoms with Gasteiger partial charge >= 0.3 is 0 Å². The summed E-state index contributed by atoms with van der Waals surface area (Å²) in [6, 6.07) is 12.5. The zero-order valence-corrected chi connectivity index (χ0v) is 16.6. The lowest BCUT2D eigenvalue weighted by molar-refractivity contribution is 0.0570. The van der Waals surface area contributed by atoms with E-state index in [9.17, 15) is 9.90 Å². The van der Waals surface area contributed by atoms with E-state index in [1.807, 2.05) is 0 Å². The van der Waals surface area contributed by atoms with Crippen LogP contribution in [0, 0.1) is 6.92 Å². The first kappa shape index (κ1) is 18.7. The summed E-state index contributed by atoms with van der Waals surface area (Å²) in [7, 11) is 2.94. The molecule has 2 aliphatic rings. The number of aryl methyl sites for hydroxylation is 1. The Bertz CT molecular complexity index is 838. The van der Waals surface area contributed by atoms with Crippen LogP contribution in [0.3, 0.4) is 0 Å². The van der Waals surface area contributed by atoms with Crippen LogP contribution < -0.4 is 9.47 Å². The first-order valence-electron chi connectivity index (χ1n) is 9.86. The summed E-state index contributed by atoms with van der Waals surface area (Å²) in [5.74, 6) is 0.925. The number of phenolic OH excluding ortho intramolecular Hbond substituents is 1. The number of amides is 1. The molecule has 0 aromatic heterocycles. The van der Waals surface area contributed by atoms with E-state index in [2.05, 4.69) is 36.1 Å². The Hall–Kier alpha value is -2.69. The van der Waals surface area contributed by atoms with E-state index < -0.39 is 0 Å². The molecule has 28 heavy (non-hydrogen) atoms. The standard InChI is InChI=1S/C23H27NO4/c1-14-4-6-15(7-5-14)16-10-18-8-9-19(11-16)24(18)23(26)17-12-20(27-2)22(25)21(13-17)28-3/h4-7,12-13,16,18-19,25H,8-11H2,1-3H3/t16?,18-,19+. The predicted molar refractivity (Wildman–Crippen MR) is 107 cm³/mol. The van der Waals surface area contributed by atoms with Crippen molar-refractivity contribution in [2.45, 2.75) is 50.6 Å². The van der Waals surface area contributed by atoms with E-state index in [0.717, 1.165) is 25.7 Å². The van der Waals surface area contributed by atoms with Crippen molar-refractivity contribution in [2.24, 2.45) is 0 Å². The maximum atomic E-state index is 13.3. The number of phenols is 1. The second-order valence-corrected chi connectivity index (χ2v) is 7.91. The second-order valence-electron chi connectivity index (χ2n) is 7.91. The van der Waals surface area contributed by atoms with E-state index in [-0.39, 0.29) is 35.2 Å². The first-order chi connectivity index (χ1) is 13.5. The zero-order valence-electron chi connectivity index (χ0n) is 16.6. The van der Waals surface area contributed by atoms with Gasteiger partial charge in [0.1, 0.15) is 0 Å². The normalized spacial score (nSPS) is 23.5. The van der Waals surface area contributed by atoms with Crippen molar-refractivity contribution in [1.29, 1.82) is 0 Å². The molecule has 2 aromatic carbocycles. The van der Waals surface area contributed by atoms with Gasteiger partial charge in [-0.25, -0.2) is 0 Å². The fourth-order valence-electron chi connectivity index (χ4n) is 4.79. The number of carbonyl (C=O) groups excluding carboxylic acids is 1. The molecule has 2 aliphatic heterocycles. The third kappa shape index (κ3) is 3.19. The highest BCUT2D eigenvalue weighted by molar-refractivity contribution is 5.96. The summed E-state index contributed by atoms with van der Waals surface area (Å²) < 4.78 is 10.4. The van der Waals surface area contributed by atoms with Crippen molar-refractivity contribution >= 4 is 5.91 Å². The van der Waals surface area contributed by atoms with Gasteiger partial charge in [-0.1, -0.05) is 29.8 Å². The summed E-state index contributed by atoms with van der Waals surface area (Å²) in [6.45, 7) is 2.11. The Morgan fingerprint density at radius 1 is 1.00 bits per heavy atom. The van der Waals surface area contributed by atoms with Gasteiger partial charge in [-0.3, -0.25) is 4.79 Å². The molecule has 148 valence electrons. The van der Waals surface area contributed by atoms with Gasteiger partial charge in [0.15, 0.2) is 11.5 Å². The molecule has 5 heteroatoms. The fourth-order valence-corrected chi connectivity index (χ4v) is 4.79. The largest absolute Gasteiger partial charge is 0.502 e. The van der Waals surface area contributed by atoms with E-state index in [4.69, 9.17) is 9.47 Å². The number of methoxy groups -OCH3 is 2. The minimum absolute atomic E-state index is 0.00791. The molecule has 3 atom stereocenters. The quantitative estimate of drug-likeness (QED) is 0.859. The van der Waals surface area contributed by atoms with Crippen LogP contribution in [-0.2, 0) is 0 Å². The van der Waals surface area contributed by atoms with Crippen LogP contribution in [0.2, 0.25) is 0 Å². The summed E-state index contributed by atoms with van der Waals surface area (Å²) >= 11 is 0. The summed E-state index contributed by atoms with van der Waals surface area (Å²) in [5.41, 5.74) is 3.15. The lowest BCUT2D eigenvalue weighted by atomic mass is 9.84. The molecule has 4 rings (SSSR count). The summed E-state index contributed by atoms with van der Waals surface area (Å²) in [4.78, 5) is 15.4. The molecule has 2 fully saturated rings. The summed E-state index contributed by atoms with van der Waals surface area (Å²) in [5, 5.41) is 10.1. The lowest BCUT2D eigenvalue weighted by Crippen LogP contribution is -2.46. The predicted octanol–water partition coefficient (Wildman–Crippen LogP) is 4.27. The van der Waals surface area contributed by atoms with Crippen LogP contribution in [0.1, 0.15) is 53.1 Å². The smallest absolute Gasteiger partial charge is 0.254 e. The fraction of sp³-hybridized carbons (Fsp3) is 0.435. The van der Waals surface area contributed by atoms with Crippen LogP contribution in [0.15, 0.2) is 36.4 Å². The van der Waals surface area contributed by atoms with Crippen LogP contribution in [0.5, 0.6) is 17.2 Å². The molecule has 5 nitrogen and oxygen atoms in total.